The number of rotatable bonds is 2. The summed E-state index contributed by atoms with van der Waals surface area (Å²) in [4.78, 5) is 19.2. The molecule has 1 amide bonds. The van der Waals surface area contributed by atoms with Crippen LogP contribution in [0.15, 0.2) is 24.5 Å². The van der Waals surface area contributed by atoms with E-state index in [4.69, 9.17) is 0 Å². The SMILES string of the molecule is Cc1ccc2[nH]c(C(=O)Nc3ncn[nH]3)c(C)c2c1. The molecule has 0 fully saturated rings. The number of carbonyl (C=O) groups is 1. The first-order valence-corrected chi connectivity index (χ1v) is 5.91. The summed E-state index contributed by atoms with van der Waals surface area (Å²) >= 11 is 0. The lowest BCUT2D eigenvalue weighted by Crippen LogP contribution is -2.14. The van der Waals surface area contributed by atoms with E-state index in [-0.39, 0.29) is 5.91 Å². The highest BCUT2D eigenvalue weighted by molar-refractivity contribution is 6.07. The van der Waals surface area contributed by atoms with E-state index in [2.05, 4.69) is 31.5 Å². The number of hydrogen-bond donors (Lipinski definition) is 3. The Balaban J connectivity index is 2.00. The predicted molar refractivity (Wildman–Crippen MR) is 72.1 cm³/mol. The van der Waals surface area contributed by atoms with Gasteiger partial charge >= 0.3 is 0 Å². The molecule has 0 aliphatic heterocycles. The fraction of sp³-hybridized carbons (Fsp3) is 0.154. The number of benzene rings is 1. The predicted octanol–water partition coefficient (Wildman–Crippen LogP) is 2.16. The molecule has 0 spiro atoms. The molecule has 19 heavy (non-hydrogen) atoms. The average Bonchev–Trinajstić information content (AvgIpc) is 2.98. The monoisotopic (exact) mass is 255 g/mol. The fourth-order valence-electron chi connectivity index (χ4n) is 2.10. The van der Waals surface area contributed by atoms with Gasteiger partial charge in [-0.25, -0.2) is 5.10 Å². The van der Waals surface area contributed by atoms with Gasteiger partial charge in [0.2, 0.25) is 5.95 Å². The summed E-state index contributed by atoms with van der Waals surface area (Å²) in [6.45, 7) is 3.95. The number of aromatic nitrogens is 4. The van der Waals surface area contributed by atoms with Gasteiger partial charge in [0.25, 0.3) is 5.91 Å². The van der Waals surface area contributed by atoms with Gasteiger partial charge in [0.1, 0.15) is 12.0 Å². The molecular formula is C13H13N5O. The summed E-state index contributed by atoms with van der Waals surface area (Å²) in [5.41, 5.74) is 3.58. The number of nitrogens with zero attached hydrogens (tertiary/aromatic N) is 2. The highest BCUT2D eigenvalue weighted by Gasteiger charge is 2.15. The Kier molecular flexibility index (Phi) is 2.56. The van der Waals surface area contributed by atoms with Crippen LogP contribution in [0.2, 0.25) is 0 Å². The van der Waals surface area contributed by atoms with Crippen LogP contribution in [-0.4, -0.2) is 26.1 Å². The van der Waals surface area contributed by atoms with Gasteiger partial charge in [-0.1, -0.05) is 11.6 Å². The molecule has 0 radical (unpaired) electrons. The Labute approximate surface area is 109 Å². The lowest BCUT2D eigenvalue weighted by molar-refractivity contribution is 0.102. The minimum atomic E-state index is -0.233. The summed E-state index contributed by atoms with van der Waals surface area (Å²) in [6, 6.07) is 6.05. The number of fused-ring (bicyclic) bond motifs is 1. The van der Waals surface area contributed by atoms with Crippen molar-refractivity contribution in [1.29, 1.82) is 0 Å². The van der Waals surface area contributed by atoms with Crippen molar-refractivity contribution in [3.05, 3.63) is 41.3 Å². The first kappa shape index (κ1) is 11.5. The molecule has 0 bridgehead atoms. The van der Waals surface area contributed by atoms with Crippen LogP contribution >= 0.6 is 0 Å². The lowest BCUT2D eigenvalue weighted by atomic mass is 10.1. The molecule has 3 rings (SSSR count). The first-order valence-electron chi connectivity index (χ1n) is 5.91. The van der Waals surface area contributed by atoms with Crippen LogP contribution in [0.25, 0.3) is 10.9 Å². The van der Waals surface area contributed by atoms with Crippen molar-refractivity contribution in [3.63, 3.8) is 0 Å². The van der Waals surface area contributed by atoms with Crippen LogP contribution in [0.3, 0.4) is 0 Å². The third-order valence-electron chi connectivity index (χ3n) is 3.09. The summed E-state index contributed by atoms with van der Waals surface area (Å²) in [5, 5.41) is 9.99. The molecule has 0 unspecified atom stereocenters. The molecule has 0 aliphatic rings. The zero-order valence-electron chi connectivity index (χ0n) is 10.6. The number of nitrogens with one attached hydrogen (secondary N) is 3. The third-order valence-corrected chi connectivity index (χ3v) is 3.09. The number of aryl methyl sites for hydroxylation is 2. The van der Waals surface area contributed by atoms with E-state index >= 15 is 0 Å². The summed E-state index contributed by atoms with van der Waals surface area (Å²) < 4.78 is 0. The van der Waals surface area contributed by atoms with Crippen LogP contribution in [0.5, 0.6) is 0 Å². The molecule has 3 N–H and O–H groups in total. The molecular weight excluding hydrogens is 242 g/mol. The molecule has 3 aromatic rings. The summed E-state index contributed by atoms with van der Waals surface area (Å²) in [7, 11) is 0. The first-order chi connectivity index (χ1) is 9.15. The Morgan fingerprint density at radius 3 is 2.89 bits per heavy atom. The van der Waals surface area contributed by atoms with E-state index in [0.29, 0.717) is 11.6 Å². The number of aromatic amines is 2. The smallest absolute Gasteiger partial charge is 0.274 e. The Morgan fingerprint density at radius 1 is 1.32 bits per heavy atom. The van der Waals surface area contributed by atoms with Crippen molar-refractivity contribution in [2.24, 2.45) is 0 Å². The molecule has 0 aliphatic carbocycles. The van der Waals surface area contributed by atoms with Gasteiger partial charge in [0.15, 0.2) is 0 Å². The minimum Gasteiger partial charge on any atom is -0.350 e. The minimum absolute atomic E-state index is 0.233. The number of amides is 1. The maximum atomic E-state index is 12.2. The number of anilines is 1. The quantitative estimate of drug-likeness (QED) is 0.655. The summed E-state index contributed by atoms with van der Waals surface area (Å²) in [6.07, 6.45) is 1.34. The maximum Gasteiger partial charge on any atom is 0.274 e. The number of H-pyrrole nitrogens is 2. The number of carbonyl (C=O) groups excluding carboxylic acids is 1. The highest BCUT2D eigenvalue weighted by Crippen LogP contribution is 2.23. The molecule has 96 valence electrons. The van der Waals surface area contributed by atoms with Gasteiger partial charge in [0, 0.05) is 10.9 Å². The second-order valence-electron chi connectivity index (χ2n) is 4.46. The molecule has 0 saturated heterocycles. The topological polar surface area (TPSA) is 86.5 Å². The zero-order chi connectivity index (χ0) is 13.4. The van der Waals surface area contributed by atoms with Gasteiger partial charge < -0.3 is 4.98 Å². The average molecular weight is 255 g/mol. The molecule has 0 saturated carbocycles. The second kappa shape index (κ2) is 4.24. The molecule has 6 nitrogen and oxygen atoms in total. The molecule has 6 heteroatoms. The van der Waals surface area contributed by atoms with Gasteiger partial charge in [-0.15, -0.1) is 0 Å². The summed E-state index contributed by atoms with van der Waals surface area (Å²) in [5.74, 6) is 0.0994. The third kappa shape index (κ3) is 1.97. The van der Waals surface area contributed by atoms with E-state index in [0.717, 1.165) is 22.0 Å². The molecule has 2 aromatic heterocycles. The van der Waals surface area contributed by atoms with Crippen molar-refractivity contribution in [1.82, 2.24) is 20.2 Å². The van der Waals surface area contributed by atoms with Crippen LogP contribution < -0.4 is 5.32 Å². The van der Waals surface area contributed by atoms with E-state index < -0.39 is 0 Å². The van der Waals surface area contributed by atoms with E-state index in [9.17, 15) is 4.79 Å². The largest absolute Gasteiger partial charge is 0.350 e. The standard InChI is InChI=1S/C13H13N5O/c1-7-3-4-10-9(5-7)8(2)11(16-10)12(19)17-13-14-6-15-18-13/h3-6,16H,1-2H3,(H2,14,15,17,18,19). The van der Waals surface area contributed by atoms with Crippen molar-refractivity contribution >= 4 is 22.8 Å². The van der Waals surface area contributed by atoms with E-state index in [1.807, 2.05) is 26.0 Å². The molecule has 1 aromatic carbocycles. The van der Waals surface area contributed by atoms with Crippen molar-refractivity contribution < 1.29 is 4.79 Å². The normalized spacial score (nSPS) is 10.8. The second-order valence-corrected chi connectivity index (χ2v) is 4.46. The van der Waals surface area contributed by atoms with Crippen molar-refractivity contribution in [2.75, 3.05) is 5.32 Å². The van der Waals surface area contributed by atoms with Gasteiger partial charge in [-0.2, -0.15) is 10.1 Å². The highest BCUT2D eigenvalue weighted by atomic mass is 16.2. The maximum absolute atomic E-state index is 12.2. The lowest BCUT2D eigenvalue weighted by Gasteiger charge is -2.00. The van der Waals surface area contributed by atoms with Gasteiger partial charge in [-0.3, -0.25) is 10.1 Å². The van der Waals surface area contributed by atoms with Gasteiger partial charge in [0.05, 0.1) is 0 Å². The Hall–Kier alpha value is -2.63. The number of hydrogen-bond acceptors (Lipinski definition) is 3. The van der Waals surface area contributed by atoms with Crippen molar-refractivity contribution in [2.45, 2.75) is 13.8 Å². The van der Waals surface area contributed by atoms with E-state index in [1.165, 1.54) is 6.33 Å². The van der Waals surface area contributed by atoms with Crippen molar-refractivity contribution in [3.8, 4) is 0 Å². The van der Waals surface area contributed by atoms with Crippen LogP contribution in [-0.2, 0) is 0 Å². The van der Waals surface area contributed by atoms with Crippen LogP contribution in [0.1, 0.15) is 21.6 Å². The fourth-order valence-corrected chi connectivity index (χ4v) is 2.10. The molecule has 0 atom stereocenters. The molecule has 2 heterocycles. The van der Waals surface area contributed by atoms with Crippen LogP contribution in [0, 0.1) is 13.8 Å². The van der Waals surface area contributed by atoms with E-state index in [1.54, 1.807) is 0 Å². The van der Waals surface area contributed by atoms with Gasteiger partial charge in [-0.05, 0) is 31.5 Å². The Bertz CT molecular complexity index is 742. The zero-order valence-corrected chi connectivity index (χ0v) is 10.6. The Morgan fingerprint density at radius 2 is 2.16 bits per heavy atom. The van der Waals surface area contributed by atoms with Crippen LogP contribution in [0.4, 0.5) is 5.95 Å².